The van der Waals surface area contributed by atoms with Crippen LogP contribution < -0.4 is 21.6 Å². The van der Waals surface area contributed by atoms with Crippen LogP contribution in [0.2, 0.25) is 0 Å². The minimum absolute atomic E-state index is 0.00388. The Morgan fingerprint density at radius 2 is 1.95 bits per heavy atom. The summed E-state index contributed by atoms with van der Waals surface area (Å²) < 4.78 is 0. The van der Waals surface area contributed by atoms with Gasteiger partial charge in [0, 0.05) is 30.0 Å². The summed E-state index contributed by atoms with van der Waals surface area (Å²) in [5.74, 6) is 0.762. The Morgan fingerprint density at radius 3 is 2.56 bits per heavy atom. The molecule has 2 saturated carbocycles. The second-order valence-corrected chi connectivity index (χ2v) is 12.9. The molecule has 1 aromatic carbocycles. The molecule has 3 heterocycles. The van der Waals surface area contributed by atoms with Crippen LogP contribution in [0.15, 0.2) is 35.7 Å². The number of thiazole rings is 1. The maximum atomic E-state index is 10.0. The monoisotopic (exact) mass is 539 g/mol. The van der Waals surface area contributed by atoms with Crippen molar-refractivity contribution in [2.45, 2.75) is 65.0 Å². The Balaban J connectivity index is 1.41. The van der Waals surface area contributed by atoms with Crippen LogP contribution in [0, 0.1) is 40.9 Å². The summed E-state index contributed by atoms with van der Waals surface area (Å²) in [6, 6.07) is 8.21. The van der Waals surface area contributed by atoms with Crippen molar-refractivity contribution in [1.82, 2.24) is 25.9 Å². The number of hydrogen-bond donors (Lipinski definition) is 4. The molecule has 200 valence electrons. The molecule has 10 heteroatoms. The number of hydrogen-bond acceptors (Lipinski definition) is 10. The Hall–Kier alpha value is -3.86. The van der Waals surface area contributed by atoms with Crippen LogP contribution in [-0.2, 0) is 0 Å². The second-order valence-electron chi connectivity index (χ2n) is 12.1. The normalized spacial score (nSPS) is 18.6. The van der Waals surface area contributed by atoms with Crippen LogP contribution in [0.5, 0.6) is 0 Å². The van der Waals surface area contributed by atoms with E-state index in [0.29, 0.717) is 28.9 Å². The smallest absolute Gasteiger partial charge is 0.106 e. The molecular weight excluding hydrogens is 506 g/mol. The van der Waals surface area contributed by atoms with E-state index in [1.165, 1.54) is 25.7 Å². The minimum Gasteiger partial charge on any atom is -0.383 e. The number of pyridine rings is 1. The number of aromatic nitrogens is 2. The van der Waals surface area contributed by atoms with E-state index in [1.54, 1.807) is 17.5 Å². The van der Waals surface area contributed by atoms with Crippen LogP contribution in [0.1, 0.15) is 74.2 Å². The van der Waals surface area contributed by atoms with Gasteiger partial charge in [0.25, 0.3) is 0 Å². The standard InChI is InChI=1S/C29H33N9S/c1-17-27(39-16-34-17)26(23-14-38(37-36-23)29(7-8-29)20-5-6-20)35-21-9-18(11-30)24-22(10-21)25(19(12-31)13-32-24)33-15-28(2,3)4/h9-10,13-14,16,20,26,35-37H,5-8,15H2,1-4H3,(H,32,33)/t26-/m1/s1. The molecule has 2 aliphatic carbocycles. The van der Waals surface area contributed by atoms with E-state index in [-0.39, 0.29) is 17.0 Å². The zero-order valence-electron chi connectivity index (χ0n) is 22.7. The summed E-state index contributed by atoms with van der Waals surface area (Å²) in [5.41, 5.74) is 13.9. The van der Waals surface area contributed by atoms with Crippen molar-refractivity contribution in [3.8, 4) is 12.1 Å². The lowest BCUT2D eigenvalue weighted by Gasteiger charge is -2.26. The van der Waals surface area contributed by atoms with E-state index in [0.717, 1.165) is 33.3 Å². The van der Waals surface area contributed by atoms with Gasteiger partial charge < -0.3 is 16.1 Å². The molecule has 0 saturated heterocycles. The summed E-state index contributed by atoms with van der Waals surface area (Å²) >= 11 is 1.61. The summed E-state index contributed by atoms with van der Waals surface area (Å²) in [6.45, 7) is 9.11. The van der Waals surface area contributed by atoms with Gasteiger partial charge in [-0.15, -0.1) is 16.9 Å². The average Bonchev–Trinajstić information content (AvgIpc) is 3.83. The molecule has 0 spiro atoms. The Morgan fingerprint density at radius 1 is 1.18 bits per heavy atom. The third kappa shape index (κ3) is 4.75. The number of anilines is 2. The molecule has 1 aliphatic heterocycles. The quantitative estimate of drug-likeness (QED) is 0.295. The first kappa shape index (κ1) is 25.4. The van der Waals surface area contributed by atoms with Crippen LogP contribution in [0.3, 0.4) is 0 Å². The molecule has 1 atom stereocenters. The predicted octanol–water partition coefficient (Wildman–Crippen LogP) is 5.46. The topological polar surface area (TPSA) is 125 Å². The molecule has 6 rings (SSSR count). The van der Waals surface area contributed by atoms with Gasteiger partial charge in [0.1, 0.15) is 18.2 Å². The van der Waals surface area contributed by atoms with Crippen molar-refractivity contribution in [3.63, 3.8) is 0 Å². The highest BCUT2D eigenvalue weighted by molar-refractivity contribution is 7.09. The van der Waals surface area contributed by atoms with Gasteiger partial charge >= 0.3 is 0 Å². The van der Waals surface area contributed by atoms with Crippen LogP contribution in [-0.4, -0.2) is 27.1 Å². The van der Waals surface area contributed by atoms with E-state index in [1.807, 2.05) is 24.6 Å². The lowest BCUT2D eigenvalue weighted by atomic mass is 9.96. The minimum atomic E-state index is -0.202. The van der Waals surface area contributed by atoms with E-state index < -0.39 is 0 Å². The highest BCUT2D eigenvalue weighted by atomic mass is 32.1. The third-order valence-electron chi connectivity index (χ3n) is 7.84. The van der Waals surface area contributed by atoms with Gasteiger partial charge in [0.2, 0.25) is 0 Å². The fourth-order valence-electron chi connectivity index (χ4n) is 5.45. The molecule has 39 heavy (non-hydrogen) atoms. The molecule has 0 radical (unpaired) electrons. The molecule has 2 fully saturated rings. The first-order valence-electron chi connectivity index (χ1n) is 13.4. The maximum absolute atomic E-state index is 10.0. The van der Waals surface area contributed by atoms with Crippen LogP contribution >= 0.6 is 11.3 Å². The lowest BCUT2D eigenvalue weighted by Crippen LogP contribution is -2.46. The largest absolute Gasteiger partial charge is 0.383 e. The number of nitrogens with zero attached hydrogens (tertiary/aromatic N) is 5. The Bertz CT molecular complexity index is 1540. The van der Waals surface area contributed by atoms with Crippen LogP contribution in [0.25, 0.3) is 10.9 Å². The first-order valence-corrected chi connectivity index (χ1v) is 14.3. The van der Waals surface area contributed by atoms with Gasteiger partial charge in [0.15, 0.2) is 0 Å². The number of nitriles is 2. The molecule has 0 bridgehead atoms. The number of fused-ring (bicyclic) bond motifs is 1. The molecule has 3 aliphatic rings. The molecular formula is C29H33N9S. The van der Waals surface area contributed by atoms with Gasteiger partial charge in [-0.25, -0.2) is 4.98 Å². The third-order valence-corrected chi connectivity index (χ3v) is 8.84. The van der Waals surface area contributed by atoms with Crippen LogP contribution in [0.4, 0.5) is 11.4 Å². The average molecular weight is 540 g/mol. The lowest BCUT2D eigenvalue weighted by molar-refractivity contribution is 0.156. The molecule has 0 amide bonds. The SMILES string of the molecule is Cc1ncsc1[C@H](Nc1cc(C#N)c2ncc(C#N)c(NCC(C)(C)C)c2c1)C1=CN(C2(C3CC3)CC2)NN1. The van der Waals surface area contributed by atoms with Gasteiger partial charge in [-0.3, -0.25) is 9.99 Å². The van der Waals surface area contributed by atoms with Crippen molar-refractivity contribution in [1.29, 1.82) is 10.5 Å². The van der Waals surface area contributed by atoms with Crippen molar-refractivity contribution in [2.24, 2.45) is 11.3 Å². The van der Waals surface area contributed by atoms with Crippen molar-refractivity contribution in [3.05, 3.63) is 57.4 Å². The molecule has 0 unspecified atom stereocenters. The van der Waals surface area contributed by atoms with Crippen molar-refractivity contribution >= 4 is 33.6 Å². The van der Waals surface area contributed by atoms with Crippen molar-refractivity contribution in [2.75, 3.05) is 17.2 Å². The van der Waals surface area contributed by atoms with Gasteiger partial charge in [-0.2, -0.15) is 10.5 Å². The number of rotatable bonds is 8. The zero-order chi connectivity index (χ0) is 27.4. The Kier molecular flexibility index (Phi) is 6.13. The highest BCUT2D eigenvalue weighted by Gasteiger charge is 2.58. The highest BCUT2D eigenvalue weighted by Crippen LogP contribution is 2.57. The summed E-state index contributed by atoms with van der Waals surface area (Å²) in [4.78, 5) is 10.1. The van der Waals surface area contributed by atoms with E-state index >= 15 is 0 Å². The first-order chi connectivity index (χ1) is 18.7. The molecule has 9 nitrogen and oxygen atoms in total. The summed E-state index contributed by atoms with van der Waals surface area (Å²) in [6.07, 6.45) is 8.77. The predicted molar refractivity (Wildman–Crippen MR) is 153 cm³/mol. The van der Waals surface area contributed by atoms with E-state index in [4.69, 9.17) is 0 Å². The number of hydrazine groups is 2. The fraction of sp³-hybridized carbons (Fsp3) is 0.448. The van der Waals surface area contributed by atoms with E-state index in [9.17, 15) is 10.5 Å². The zero-order valence-corrected chi connectivity index (χ0v) is 23.5. The molecule has 2 aromatic heterocycles. The van der Waals surface area contributed by atoms with Gasteiger partial charge in [-0.1, -0.05) is 20.8 Å². The van der Waals surface area contributed by atoms with Gasteiger partial charge in [-0.05, 0) is 56.1 Å². The van der Waals surface area contributed by atoms with Crippen molar-refractivity contribution < 1.29 is 0 Å². The summed E-state index contributed by atoms with van der Waals surface area (Å²) in [5, 5.41) is 30.1. The number of nitrogens with one attached hydrogen (secondary N) is 4. The Labute approximate surface area is 232 Å². The molecule has 3 aromatic rings. The van der Waals surface area contributed by atoms with Gasteiger partial charge in [0.05, 0.1) is 49.6 Å². The molecule has 4 N–H and O–H groups in total. The second kappa shape index (κ2) is 9.41. The number of aryl methyl sites for hydroxylation is 1. The number of benzene rings is 1. The fourth-order valence-corrected chi connectivity index (χ4v) is 6.32. The maximum Gasteiger partial charge on any atom is 0.106 e. The van der Waals surface area contributed by atoms with E-state index in [2.05, 4.69) is 75.7 Å². The summed E-state index contributed by atoms with van der Waals surface area (Å²) in [7, 11) is 0.